The zero-order valence-electron chi connectivity index (χ0n) is 12.7. The van der Waals surface area contributed by atoms with Gasteiger partial charge < -0.3 is 21.9 Å². The van der Waals surface area contributed by atoms with Crippen LogP contribution in [0.5, 0.6) is 0 Å². The smallest absolute Gasteiger partial charge is 0.274 e. The summed E-state index contributed by atoms with van der Waals surface area (Å²) in [7, 11) is 0. The Hall–Kier alpha value is -2.10. The molecule has 6 N–H and O–H groups in total. The first-order valence-electron chi connectivity index (χ1n) is 7.23. The summed E-state index contributed by atoms with van der Waals surface area (Å²) in [6.07, 6.45) is 1.94. The molecule has 7 nitrogen and oxygen atoms in total. The van der Waals surface area contributed by atoms with Crippen molar-refractivity contribution in [3.63, 3.8) is 0 Å². The summed E-state index contributed by atoms with van der Waals surface area (Å²) >= 11 is 2.96. The molecule has 126 valence electrons. The Balaban J connectivity index is 1.78. The minimum atomic E-state index is -0.517. The van der Waals surface area contributed by atoms with E-state index in [0.717, 1.165) is 4.88 Å². The van der Waals surface area contributed by atoms with Crippen LogP contribution in [-0.4, -0.2) is 33.5 Å². The van der Waals surface area contributed by atoms with E-state index in [9.17, 15) is 9.90 Å². The number of thioether (sulfide) groups is 1. The Morgan fingerprint density at radius 2 is 2.25 bits per heavy atom. The number of carbonyl (C=O) groups excluding carboxylic acids is 1. The van der Waals surface area contributed by atoms with E-state index >= 15 is 0 Å². The van der Waals surface area contributed by atoms with Gasteiger partial charge in [0.05, 0.1) is 17.6 Å². The monoisotopic (exact) mass is 363 g/mol. The number of aromatic nitrogens is 1. The highest BCUT2D eigenvalue weighted by molar-refractivity contribution is 8.14. The lowest BCUT2D eigenvalue weighted by Gasteiger charge is -2.22. The molecule has 0 saturated heterocycles. The summed E-state index contributed by atoms with van der Waals surface area (Å²) in [4.78, 5) is 21.7. The number of aliphatic hydroxyl groups excluding tert-OH is 1. The highest BCUT2D eigenvalue weighted by Crippen LogP contribution is 2.42. The molecule has 2 aromatic heterocycles. The van der Waals surface area contributed by atoms with E-state index in [4.69, 9.17) is 11.5 Å². The van der Waals surface area contributed by atoms with Crippen LogP contribution in [0.2, 0.25) is 0 Å². The van der Waals surface area contributed by atoms with Gasteiger partial charge in [-0.15, -0.1) is 11.3 Å². The number of nitrogen functional groups attached to an aromatic ring is 1. The average molecular weight is 363 g/mol. The zero-order chi connectivity index (χ0) is 17.2. The zero-order valence-corrected chi connectivity index (χ0v) is 14.4. The van der Waals surface area contributed by atoms with Gasteiger partial charge in [0.25, 0.3) is 5.91 Å². The van der Waals surface area contributed by atoms with E-state index in [-0.39, 0.29) is 12.5 Å². The largest absolute Gasteiger partial charge is 0.397 e. The molecule has 1 aliphatic heterocycles. The van der Waals surface area contributed by atoms with E-state index in [1.54, 1.807) is 12.1 Å². The molecule has 0 aromatic carbocycles. The number of rotatable bonds is 5. The number of hydrogen-bond acceptors (Lipinski definition) is 8. The van der Waals surface area contributed by atoms with Crippen molar-refractivity contribution in [1.82, 2.24) is 4.98 Å². The number of aliphatic hydroxyl groups is 1. The molecule has 1 aliphatic rings. The number of nitrogens with two attached hydrogens (primary N) is 2. The maximum atomic E-state index is 12.2. The molecule has 0 radical (unpaired) electrons. The predicted octanol–water partition coefficient (Wildman–Crippen LogP) is 1.62. The number of anilines is 2. The number of pyridine rings is 1. The average Bonchev–Trinajstić information content (AvgIpc) is 3.16. The first-order valence-corrected chi connectivity index (χ1v) is 9.10. The second-order valence-electron chi connectivity index (χ2n) is 5.37. The summed E-state index contributed by atoms with van der Waals surface area (Å²) in [5, 5.41) is 14.5. The highest BCUT2D eigenvalue weighted by atomic mass is 32.2. The van der Waals surface area contributed by atoms with Crippen LogP contribution < -0.4 is 16.8 Å². The Morgan fingerprint density at radius 3 is 2.88 bits per heavy atom. The quantitative estimate of drug-likeness (QED) is 0.639. The Labute approximate surface area is 147 Å². The fourth-order valence-corrected chi connectivity index (χ4v) is 4.51. The number of nitrogens with one attached hydrogen (secondary N) is 1. The van der Waals surface area contributed by atoms with Gasteiger partial charge in [-0.1, -0.05) is 11.8 Å². The van der Waals surface area contributed by atoms with Crippen molar-refractivity contribution in [1.29, 1.82) is 0 Å². The third kappa shape index (κ3) is 3.37. The molecule has 0 fully saturated rings. The van der Waals surface area contributed by atoms with E-state index in [1.165, 1.54) is 29.3 Å². The fraction of sp³-hybridized carbons (Fsp3) is 0.267. The van der Waals surface area contributed by atoms with Gasteiger partial charge in [-0.05, 0) is 18.2 Å². The number of amides is 1. The van der Waals surface area contributed by atoms with Crippen molar-refractivity contribution in [2.75, 3.05) is 23.4 Å². The molecular weight excluding hydrogens is 346 g/mol. The predicted molar refractivity (Wildman–Crippen MR) is 98.4 cm³/mol. The van der Waals surface area contributed by atoms with Crippen molar-refractivity contribution >= 4 is 45.5 Å². The van der Waals surface area contributed by atoms with E-state index in [0.29, 0.717) is 34.4 Å². The Kier molecular flexibility index (Phi) is 4.74. The van der Waals surface area contributed by atoms with Gasteiger partial charge >= 0.3 is 0 Å². The van der Waals surface area contributed by atoms with Gasteiger partial charge in [-0.2, -0.15) is 0 Å². The molecule has 24 heavy (non-hydrogen) atoms. The maximum Gasteiger partial charge on any atom is 0.274 e. The van der Waals surface area contributed by atoms with Gasteiger partial charge in [0.15, 0.2) is 5.17 Å². The Bertz CT molecular complexity index is 774. The summed E-state index contributed by atoms with van der Waals surface area (Å²) in [5.41, 5.74) is 12.3. The Morgan fingerprint density at radius 1 is 1.42 bits per heavy atom. The first-order chi connectivity index (χ1) is 11.5. The molecular formula is C15H17N5O2S2. The van der Waals surface area contributed by atoms with E-state index in [1.807, 2.05) is 11.4 Å². The topological polar surface area (TPSA) is 127 Å². The molecule has 3 rings (SSSR count). The molecule has 2 aromatic rings. The van der Waals surface area contributed by atoms with Crippen molar-refractivity contribution in [3.8, 4) is 0 Å². The molecule has 0 unspecified atom stereocenters. The molecule has 0 saturated carbocycles. The molecule has 3 heterocycles. The summed E-state index contributed by atoms with van der Waals surface area (Å²) in [5.74, 6) is 0.381. The molecule has 1 amide bonds. The van der Waals surface area contributed by atoms with Crippen LogP contribution in [0.4, 0.5) is 11.4 Å². The molecule has 1 atom stereocenters. The summed E-state index contributed by atoms with van der Waals surface area (Å²) in [6.45, 7) is 0.0201. The SMILES string of the molecule is NC1=N[C@](CCO)(c2cc(NC(=O)c3ccc(N)cn3)cs2)CS1. The van der Waals surface area contributed by atoms with Crippen molar-refractivity contribution < 1.29 is 9.90 Å². The molecule has 0 spiro atoms. The van der Waals surface area contributed by atoms with Gasteiger partial charge in [0.1, 0.15) is 11.2 Å². The number of aliphatic imine (C=N–C) groups is 1. The minimum absolute atomic E-state index is 0.0201. The number of thiophene rings is 1. The minimum Gasteiger partial charge on any atom is -0.397 e. The third-order valence-corrected chi connectivity index (χ3v) is 5.78. The lowest BCUT2D eigenvalue weighted by atomic mass is 9.97. The maximum absolute atomic E-state index is 12.2. The van der Waals surface area contributed by atoms with Crippen LogP contribution in [0.3, 0.4) is 0 Å². The second kappa shape index (κ2) is 6.80. The summed E-state index contributed by atoms with van der Waals surface area (Å²) in [6, 6.07) is 5.08. The summed E-state index contributed by atoms with van der Waals surface area (Å²) < 4.78 is 0. The van der Waals surface area contributed by atoms with Crippen LogP contribution in [-0.2, 0) is 5.54 Å². The molecule has 0 bridgehead atoms. The lowest BCUT2D eigenvalue weighted by Crippen LogP contribution is -2.24. The van der Waals surface area contributed by atoms with Crippen LogP contribution in [0.15, 0.2) is 34.8 Å². The second-order valence-corrected chi connectivity index (χ2v) is 7.28. The van der Waals surface area contributed by atoms with Gasteiger partial charge in [-0.3, -0.25) is 4.79 Å². The fourth-order valence-electron chi connectivity index (χ4n) is 2.41. The normalized spacial score (nSPS) is 20.0. The highest BCUT2D eigenvalue weighted by Gasteiger charge is 2.37. The van der Waals surface area contributed by atoms with Crippen LogP contribution >= 0.6 is 23.1 Å². The van der Waals surface area contributed by atoms with Crippen LogP contribution in [0.25, 0.3) is 0 Å². The number of nitrogens with zero attached hydrogens (tertiary/aromatic N) is 2. The van der Waals surface area contributed by atoms with Crippen molar-refractivity contribution in [2.24, 2.45) is 10.7 Å². The van der Waals surface area contributed by atoms with Crippen molar-refractivity contribution in [3.05, 3.63) is 40.3 Å². The van der Waals surface area contributed by atoms with Crippen LogP contribution in [0.1, 0.15) is 21.8 Å². The van der Waals surface area contributed by atoms with Gasteiger partial charge in [0.2, 0.25) is 0 Å². The van der Waals surface area contributed by atoms with E-state index in [2.05, 4.69) is 15.3 Å². The lowest BCUT2D eigenvalue weighted by molar-refractivity contribution is 0.102. The molecule has 9 heteroatoms. The van der Waals surface area contributed by atoms with Crippen LogP contribution in [0, 0.1) is 0 Å². The number of carbonyl (C=O) groups is 1. The standard InChI is InChI=1S/C15H17N5O2S2/c16-9-1-2-11(18-6-9)13(22)19-10-5-12(23-7-10)15(3-4-21)8-24-14(17)20-15/h1-2,5-7,21H,3-4,8,16H2,(H2,17,20)(H,19,22)/t15-/m0/s1. The number of amidine groups is 1. The van der Waals surface area contributed by atoms with Gasteiger partial charge in [0, 0.05) is 29.0 Å². The first kappa shape index (κ1) is 16.7. The van der Waals surface area contributed by atoms with E-state index < -0.39 is 5.54 Å². The van der Waals surface area contributed by atoms with Gasteiger partial charge in [-0.25, -0.2) is 9.98 Å². The van der Waals surface area contributed by atoms with Crippen molar-refractivity contribution in [2.45, 2.75) is 12.0 Å². The third-order valence-electron chi connectivity index (χ3n) is 3.64. The molecule has 0 aliphatic carbocycles. The number of hydrogen-bond donors (Lipinski definition) is 4.